The van der Waals surface area contributed by atoms with E-state index in [1.165, 1.54) is 20.8 Å². The lowest BCUT2D eigenvalue weighted by Gasteiger charge is -2.46. The van der Waals surface area contributed by atoms with Crippen LogP contribution in [0.1, 0.15) is 20.8 Å². The van der Waals surface area contributed by atoms with Crippen molar-refractivity contribution in [1.29, 1.82) is 0 Å². The zero-order chi connectivity index (χ0) is 15.2. The predicted octanol–water partition coefficient (Wildman–Crippen LogP) is -1.09. The van der Waals surface area contributed by atoms with Gasteiger partial charge in [-0.1, -0.05) is 6.58 Å². The first-order valence-electron chi connectivity index (χ1n) is 6.07. The Hall–Kier alpha value is -0.990. The van der Waals surface area contributed by atoms with Gasteiger partial charge >= 0.3 is 5.97 Å². The van der Waals surface area contributed by atoms with E-state index in [0.717, 1.165) is 6.08 Å². The summed E-state index contributed by atoms with van der Waals surface area (Å²) in [5.41, 5.74) is 0. The van der Waals surface area contributed by atoms with Crippen LogP contribution >= 0.6 is 0 Å². The van der Waals surface area contributed by atoms with Crippen molar-refractivity contribution in [3.8, 4) is 0 Å². The fraction of sp³-hybridized carbons (Fsp3) is 0.750. The topological polar surface area (TPSA) is 107 Å². The van der Waals surface area contributed by atoms with Crippen molar-refractivity contribution in [2.24, 2.45) is 0 Å². The van der Waals surface area contributed by atoms with Gasteiger partial charge in [0.1, 0.15) is 19.3 Å². The van der Waals surface area contributed by atoms with Crippen molar-refractivity contribution >= 4 is 5.97 Å². The van der Waals surface area contributed by atoms with Gasteiger partial charge in [-0.25, -0.2) is 9.28 Å². The lowest BCUT2D eigenvalue weighted by Crippen LogP contribution is -2.67. The predicted molar refractivity (Wildman–Crippen MR) is 67.3 cm³/mol. The molecule has 0 amide bonds. The van der Waals surface area contributed by atoms with Crippen molar-refractivity contribution in [1.82, 2.24) is 0 Å². The number of aliphatic hydroxyl groups excluding tert-OH is 4. The summed E-state index contributed by atoms with van der Waals surface area (Å²) in [4.78, 5) is 10.9. The van der Waals surface area contributed by atoms with Crippen LogP contribution in [0, 0.1) is 0 Å². The summed E-state index contributed by atoms with van der Waals surface area (Å²) >= 11 is 0. The first-order chi connectivity index (χ1) is 8.68. The number of hydrogen-bond donors (Lipinski definition) is 4. The smallest absolute Gasteiger partial charge is 0.330 e. The van der Waals surface area contributed by atoms with Crippen LogP contribution in [-0.4, -0.2) is 68.8 Å². The van der Waals surface area contributed by atoms with Gasteiger partial charge in [-0.05, 0) is 0 Å². The number of carbonyl (C=O) groups is 1. The number of carbonyl (C=O) groups excluding carboxylic acids is 1. The van der Waals surface area contributed by atoms with E-state index in [0.29, 0.717) is 0 Å². The van der Waals surface area contributed by atoms with Crippen molar-refractivity contribution in [3.05, 3.63) is 12.7 Å². The molecule has 4 N–H and O–H groups in total. The van der Waals surface area contributed by atoms with Gasteiger partial charge in [0.05, 0.1) is 0 Å². The first-order valence-corrected chi connectivity index (χ1v) is 6.07. The number of nitrogens with zero attached hydrogens (tertiary/aromatic N) is 1. The fourth-order valence-electron chi connectivity index (χ4n) is 2.05. The Morgan fingerprint density at radius 2 is 1.58 bits per heavy atom. The van der Waals surface area contributed by atoms with Gasteiger partial charge in [-0.15, -0.1) is 0 Å². The summed E-state index contributed by atoms with van der Waals surface area (Å²) in [7, 11) is 0. The Labute approximate surface area is 112 Å². The molecule has 0 aromatic carbocycles. The summed E-state index contributed by atoms with van der Waals surface area (Å²) in [5, 5.41) is 39.2. The average Bonchev–Trinajstić information content (AvgIpc) is 2.31. The number of esters is 1. The van der Waals surface area contributed by atoms with Gasteiger partial charge in [-0.3, -0.25) is 0 Å². The van der Waals surface area contributed by atoms with Crippen molar-refractivity contribution in [2.45, 2.75) is 45.6 Å². The molecule has 0 aliphatic rings. The molecule has 0 aromatic rings. The molecule has 0 rings (SSSR count). The molecule has 0 fully saturated rings. The SMILES string of the molecule is C=CC(=O)OCC(O)C[N+](C(C)O)(C(C)O)C(C)O. The van der Waals surface area contributed by atoms with E-state index in [-0.39, 0.29) is 13.2 Å². The molecule has 0 aliphatic carbocycles. The van der Waals surface area contributed by atoms with Gasteiger partial charge in [0.25, 0.3) is 0 Å². The minimum Gasteiger partial charge on any atom is -0.460 e. The van der Waals surface area contributed by atoms with E-state index in [9.17, 15) is 25.2 Å². The summed E-state index contributed by atoms with van der Waals surface area (Å²) in [6.07, 6.45) is -3.49. The molecule has 19 heavy (non-hydrogen) atoms. The van der Waals surface area contributed by atoms with Crippen LogP contribution < -0.4 is 0 Å². The summed E-state index contributed by atoms with van der Waals surface area (Å²) < 4.78 is 4.14. The third-order valence-corrected chi connectivity index (χ3v) is 3.20. The minimum absolute atomic E-state index is 0.169. The highest BCUT2D eigenvalue weighted by atomic mass is 16.5. The van der Waals surface area contributed by atoms with Crippen molar-refractivity contribution in [3.63, 3.8) is 0 Å². The molecule has 112 valence electrons. The zero-order valence-electron chi connectivity index (χ0n) is 11.6. The van der Waals surface area contributed by atoms with Crippen LogP contribution in [0.5, 0.6) is 0 Å². The molecule has 0 aromatic heterocycles. The third-order valence-electron chi connectivity index (χ3n) is 3.20. The maximum absolute atomic E-state index is 10.9. The lowest BCUT2D eigenvalue weighted by atomic mass is 10.2. The second-order valence-corrected chi connectivity index (χ2v) is 4.56. The number of hydrogen-bond acceptors (Lipinski definition) is 6. The van der Waals surface area contributed by atoms with Crippen LogP contribution in [0.4, 0.5) is 0 Å². The van der Waals surface area contributed by atoms with E-state index in [4.69, 9.17) is 0 Å². The monoisotopic (exact) mass is 278 g/mol. The molecule has 0 aliphatic heterocycles. The van der Waals surface area contributed by atoms with E-state index < -0.39 is 35.2 Å². The number of aliphatic hydroxyl groups is 4. The Kier molecular flexibility index (Phi) is 7.17. The van der Waals surface area contributed by atoms with Crippen molar-refractivity contribution in [2.75, 3.05) is 13.2 Å². The molecule has 0 bridgehead atoms. The highest BCUT2D eigenvalue weighted by Gasteiger charge is 2.44. The second-order valence-electron chi connectivity index (χ2n) is 4.56. The zero-order valence-corrected chi connectivity index (χ0v) is 11.6. The Morgan fingerprint density at radius 1 is 1.16 bits per heavy atom. The standard InChI is InChI=1S/C12H24NO6/c1-5-12(18)19-7-11(17)6-13(8(2)14,9(3)15)10(4)16/h5,8-11,14-17H,1,6-7H2,2-4H3/q+1. The van der Waals surface area contributed by atoms with E-state index >= 15 is 0 Å². The average molecular weight is 278 g/mol. The van der Waals surface area contributed by atoms with Crippen LogP contribution in [0.2, 0.25) is 0 Å². The molecular formula is C12H24NO6+. The van der Waals surface area contributed by atoms with E-state index in [1.807, 2.05) is 0 Å². The second kappa shape index (κ2) is 7.56. The number of ether oxygens (including phenoxy) is 1. The maximum atomic E-state index is 10.9. The molecule has 0 radical (unpaired) electrons. The highest BCUT2D eigenvalue weighted by molar-refractivity contribution is 5.81. The molecule has 4 atom stereocenters. The van der Waals surface area contributed by atoms with Gasteiger partial charge in [0.2, 0.25) is 0 Å². The van der Waals surface area contributed by atoms with Gasteiger partial charge < -0.3 is 25.2 Å². The number of quaternary nitrogens is 1. The van der Waals surface area contributed by atoms with Crippen LogP contribution in [0.3, 0.4) is 0 Å². The molecule has 7 heteroatoms. The fourth-order valence-corrected chi connectivity index (χ4v) is 2.05. The molecule has 0 saturated heterocycles. The van der Waals surface area contributed by atoms with Crippen LogP contribution in [0.25, 0.3) is 0 Å². The van der Waals surface area contributed by atoms with Gasteiger partial charge in [-0.2, -0.15) is 0 Å². The minimum atomic E-state index is -1.14. The normalized spacial score (nSPS) is 20.8. The van der Waals surface area contributed by atoms with E-state index in [2.05, 4.69) is 11.3 Å². The third kappa shape index (κ3) is 4.55. The largest absolute Gasteiger partial charge is 0.460 e. The maximum Gasteiger partial charge on any atom is 0.330 e. The highest BCUT2D eigenvalue weighted by Crippen LogP contribution is 2.21. The number of rotatable bonds is 8. The van der Waals surface area contributed by atoms with Gasteiger partial charge in [0.15, 0.2) is 18.7 Å². The van der Waals surface area contributed by atoms with E-state index in [1.54, 1.807) is 0 Å². The molecule has 0 spiro atoms. The Bertz CT molecular complexity index is 281. The first kappa shape index (κ1) is 18.0. The molecule has 4 unspecified atom stereocenters. The Balaban J connectivity index is 4.82. The molecule has 0 heterocycles. The van der Waals surface area contributed by atoms with Gasteiger partial charge in [0, 0.05) is 26.8 Å². The molecule has 7 nitrogen and oxygen atoms in total. The quantitative estimate of drug-likeness (QED) is 0.194. The van der Waals surface area contributed by atoms with Crippen molar-refractivity contribution < 1.29 is 34.4 Å². The summed E-state index contributed by atoms with van der Waals surface area (Å²) in [6.45, 7) is 6.95. The van der Waals surface area contributed by atoms with Crippen LogP contribution in [-0.2, 0) is 9.53 Å². The van der Waals surface area contributed by atoms with Crippen LogP contribution in [0.15, 0.2) is 12.7 Å². The Morgan fingerprint density at radius 3 is 1.89 bits per heavy atom. The molecular weight excluding hydrogens is 254 g/mol. The molecule has 0 saturated carbocycles. The summed E-state index contributed by atoms with van der Waals surface area (Å²) in [5.74, 6) is -0.678. The summed E-state index contributed by atoms with van der Waals surface area (Å²) in [6, 6.07) is 0. The lowest BCUT2D eigenvalue weighted by molar-refractivity contribution is -1.04.